The van der Waals surface area contributed by atoms with Crippen LogP contribution in [0.15, 0.2) is 42.9 Å². The smallest absolute Gasteiger partial charge is 0.323 e. The van der Waals surface area contributed by atoms with Crippen LogP contribution in [0.2, 0.25) is 0 Å². The molecule has 1 N–H and O–H groups in total. The average molecular weight is 273 g/mol. The van der Waals surface area contributed by atoms with Gasteiger partial charge in [-0.2, -0.15) is 0 Å². The number of carboxylic acid groups (broad SMARTS) is 1. The monoisotopic (exact) mass is 273 g/mol. The molecule has 106 valence electrons. The number of carbonyl (C=O) groups is 1. The molecule has 5 heteroatoms. The summed E-state index contributed by atoms with van der Waals surface area (Å²) in [5.74, 6) is -0.843. The highest BCUT2D eigenvalue weighted by Crippen LogP contribution is 2.18. The minimum Gasteiger partial charge on any atom is -0.480 e. The summed E-state index contributed by atoms with van der Waals surface area (Å²) in [7, 11) is 0. The fourth-order valence-electron chi connectivity index (χ4n) is 2.16. The topological polar surface area (TPSA) is 58.4 Å². The van der Waals surface area contributed by atoms with Gasteiger partial charge in [-0.25, -0.2) is 4.98 Å². The Labute approximate surface area is 118 Å². The first-order chi connectivity index (χ1) is 9.58. The molecule has 0 unspecified atom stereocenters. The number of hydrogen-bond donors (Lipinski definition) is 1. The maximum atomic E-state index is 11.1. The first-order valence-corrected chi connectivity index (χ1v) is 6.60. The summed E-state index contributed by atoms with van der Waals surface area (Å²) < 4.78 is 2.05. The molecule has 1 heterocycles. The molecular weight excluding hydrogens is 254 g/mol. The SMILES string of the molecule is CC(C)n1cncc1CN(CC(=O)O)c1ccccc1. The molecule has 0 fully saturated rings. The number of carboxylic acids is 1. The second kappa shape index (κ2) is 6.23. The quantitative estimate of drug-likeness (QED) is 0.878. The number of rotatable bonds is 6. The van der Waals surface area contributed by atoms with Gasteiger partial charge in [0.05, 0.1) is 18.6 Å². The van der Waals surface area contributed by atoms with E-state index in [0.717, 1.165) is 11.4 Å². The molecule has 0 atom stereocenters. The fourth-order valence-corrected chi connectivity index (χ4v) is 2.16. The molecule has 0 saturated carbocycles. The van der Waals surface area contributed by atoms with Crippen LogP contribution in [0.4, 0.5) is 5.69 Å². The number of para-hydroxylation sites is 1. The fraction of sp³-hybridized carbons (Fsp3) is 0.333. The van der Waals surface area contributed by atoms with Crippen LogP contribution in [0.25, 0.3) is 0 Å². The van der Waals surface area contributed by atoms with Gasteiger partial charge in [0.1, 0.15) is 6.54 Å². The van der Waals surface area contributed by atoms with Crippen molar-refractivity contribution in [1.82, 2.24) is 9.55 Å². The first-order valence-electron chi connectivity index (χ1n) is 6.60. The second-order valence-corrected chi connectivity index (χ2v) is 4.97. The molecule has 0 aliphatic rings. The summed E-state index contributed by atoms with van der Waals surface area (Å²) in [5.41, 5.74) is 1.90. The van der Waals surface area contributed by atoms with Gasteiger partial charge in [0, 0.05) is 17.9 Å². The summed E-state index contributed by atoms with van der Waals surface area (Å²) in [6, 6.07) is 9.86. The average Bonchev–Trinajstić information content (AvgIpc) is 2.87. The molecule has 2 rings (SSSR count). The van der Waals surface area contributed by atoms with Gasteiger partial charge >= 0.3 is 5.97 Å². The van der Waals surface area contributed by atoms with E-state index in [1.54, 1.807) is 12.5 Å². The van der Waals surface area contributed by atoms with Crippen LogP contribution in [0.1, 0.15) is 25.6 Å². The van der Waals surface area contributed by atoms with Gasteiger partial charge < -0.3 is 14.6 Å². The van der Waals surface area contributed by atoms with Gasteiger partial charge in [-0.1, -0.05) is 18.2 Å². The van der Waals surface area contributed by atoms with Crippen molar-refractivity contribution in [3.8, 4) is 0 Å². The van der Waals surface area contributed by atoms with E-state index in [0.29, 0.717) is 12.6 Å². The Hall–Kier alpha value is -2.30. The van der Waals surface area contributed by atoms with E-state index >= 15 is 0 Å². The Morgan fingerprint density at radius 3 is 2.65 bits per heavy atom. The lowest BCUT2D eigenvalue weighted by Gasteiger charge is -2.24. The van der Waals surface area contributed by atoms with Crippen molar-refractivity contribution in [2.45, 2.75) is 26.4 Å². The highest BCUT2D eigenvalue weighted by Gasteiger charge is 2.14. The molecule has 5 nitrogen and oxygen atoms in total. The summed E-state index contributed by atoms with van der Waals surface area (Å²) in [4.78, 5) is 17.1. The summed E-state index contributed by atoms with van der Waals surface area (Å²) in [6.45, 7) is 4.65. The molecule has 0 saturated heterocycles. The summed E-state index contributed by atoms with van der Waals surface area (Å²) in [6.07, 6.45) is 3.57. The number of anilines is 1. The van der Waals surface area contributed by atoms with Crippen LogP contribution in [0.5, 0.6) is 0 Å². The van der Waals surface area contributed by atoms with Crippen LogP contribution in [0.3, 0.4) is 0 Å². The van der Waals surface area contributed by atoms with E-state index in [9.17, 15) is 4.79 Å². The van der Waals surface area contributed by atoms with Gasteiger partial charge in [-0.3, -0.25) is 4.79 Å². The third-order valence-electron chi connectivity index (χ3n) is 3.10. The van der Waals surface area contributed by atoms with Gasteiger partial charge in [0.25, 0.3) is 0 Å². The largest absolute Gasteiger partial charge is 0.480 e. The number of imidazole rings is 1. The van der Waals surface area contributed by atoms with Gasteiger partial charge in [-0.05, 0) is 26.0 Å². The highest BCUT2D eigenvalue weighted by molar-refractivity contribution is 5.73. The number of aromatic nitrogens is 2. The van der Waals surface area contributed by atoms with E-state index < -0.39 is 5.97 Å². The third-order valence-corrected chi connectivity index (χ3v) is 3.10. The normalized spacial score (nSPS) is 10.8. The lowest BCUT2D eigenvalue weighted by Crippen LogP contribution is -2.30. The maximum absolute atomic E-state index is 11.1. The van der Waals surface area contributed by atoms with Crippen LogP contribution < -0.4 is 4.90 Å². The van der Waals surface area contributed by atoms with Crippen molar-refractivity contribution in [3.63, 3.8) is 0 Å². The zero-order chi connectivity index (χ0) is 14.5. The molecule has 0 radical (unpaired) electrons. The first kappa shape index (κ1) is 14.1. The molecule has 2 aromatic rings. The molecule has 1 aromatic heterocycles. The minimum absolute atomic E-state index is 0.0344. The summed E-state index contributed by atoms with van der Waals surface area (Å²) in [5, 5.41) is 9.09. The number of benzene rings is 1. The molecular formula is C15H19N3O2. The molecule has 0 bridgehead atoms. The van der Waals surface area contributed by atoms with Crippen molar-refractivity contribution >= 4 is 11.7 Å². The third kappa shape index (κ3) is 3.38. The van der Waals surface area contributed by atoms with Gasteiger partial charge in [-0.15, -0.1) is 0 Å². The van der Waals surface area contributed by atoms with E-state index in [1.807, 2.05) is 35.2 Å². The molecule has 0 spiro atoms. The molecule has 0 aliphatic carbocycles. The van der Waals surface area contributed by atoms with Crippen LogP contribution >= 0.6 is 0 Å². The van der Waals surface area contributed by atoms with Crippen molar-refractivity contribution in [2.24, 2.45) is 0 Å². The van der Waals surface area contributed by atoms with E-state index in [1.165, 1.54) is 0 Å². The second-order valence-electron chi connectivity index (χ2n) is 4.97. The van der Waals surface area contributed by atoms with Crippen LogP contribution in [0, 0.1) is 0 Å². The lowest BCUT2D eigenvalue weighted by atomic mass is 10.2. The molecule has 20 heavy (non-hydrogen) atoms. The van der Waals surface area contributed by atoms with Gasteiger partial charge in [0.15, 0.2) is 0 Å². The lowest BCUT2D eigenvalue weighted by molar-refractivity contribution is -0.135. The van der Waals surface area contributed by atoms with E-state index in [2.05, 4.69) is 23.4 Å². The van der Waals surface area contributed by atoms with E-state index in [-0.39, 0.29) is 6.54 Å². The Balaban J connectivity index is 2.24. The van der Waals surface area contributed by atoms with Crippen LogP contribution in [-0.4, -0.2) is 27.2 Å². The van der Waals surface area contributed by atoms with Crippen molar-refractivity contribution in [2.75, 3.05) is 11.4 Å². The molecule has 0 amide bonds. The predicted octanol–water partition coefficient (Wildman–Crippen LogP) is 2.56. The molecule has 1 aromatic carbocycles. The number of nitrogens with zero attached hydrogens (tertiary/aromatic N) is 3. The van der Waals surface area contributed by atoms with Gasteiger partial charge in [0.2, 0.25) is 0 Å². The summed E-state index contributed by atoms with van der Waals surface area (Å²) >= 11 is 0. The van der Waals surface area contributed by atoms with Crippen molar-refractivity contribution in [3.05, 3.63) is 48.5 Å². The Morgan fingerprint density at radius 2 is 2.05 bits per heavy atom. The van der Waals surface area contributed by atoms with Crippen LogP contribution in [-0.2, 0) is 11.3 Å². The number of aliphatic carboxylic acids is 1. The highest BCUT2D eigenvalue weighted by atomic mass is 16.4. The van der Waals surface area contributed by atoms with Crippen molar-refractivity contribution in [1.29, 1.82) is 0 Å². The Bertz CT molecular complexity index is 564. The standard InChI is InChI=1S/C15H19N3O2/c1-12(2)18-11-16-8-14(18)9-17(10-15(19)20)13-6-4-3-5-7-13/h3-8,11-12H,9-10H2,1-2H3,(H,19,20). The predicted molar refractivity (Wildman–Crippen MR) is 77.7 cm³/mol. The maximum Gasteiger partial charge on any atom is 0.323 e. The number of hydrogen-bond acceptors (Lipinski definition) is 3. The van der Waals surface area contributed by atoms with Crippen molar-refractivity contribution < 1.29 is 9.90 Å². The zero-order valence-corrected chi connectivity index (χ0v) is 11.7. The minimum atomic E-state index is -0.843. The van der Waals surface area contributed by atoms with E-state index in [4.69, 9.17) is 5.11 Å². The molecule has 0 aliphatic heterocycles. The Kier molecular flexibility index (Phi) is 4.40. The zero-order valence-electron chi connectivity index (χ0n) is 11.7. The Morgan fingerprint density at radius 1 is 1.35 bits per heavy atom.